The summed E-state index contributed by atoms with van der Waals surface area (Å²) in [6.45, 7) is 21.3. The van der Waals surface area contributed by atoms with E-state index >= 15 is 0 Å². The third kappa shape index (κ3) is 10.2. The fourth-order valence-corrected chi connectivity index (χ4v) is 5.90. The summed E-state index contributed by atoms with van der Waals surface area (Å²) < 4.78 is 12.0. The van der Waals surface area contributed by atoms with E-state index in [9.17, 15) is 9.59 Å². The topological polar surface area (TPSA) is 76.7 Å². The van der Waals surface area contributed by atoms with Crippen molar-refractivity contribution >= 4 is 23.2 Å². The van der Waals surface area contributed by atoms with Crippen molar-refractivity contribution in [2.24, 2.45) is 10.8 Å². The van der Waals surface area contributed by atoms with E-state index in [-0.39, 0.29) is 11.8 Å². The molecule has 0 aliphatic rings. The summed E-state index contributed by atoms with van der Waals surface area (Å²) in [6, 6.07) is 24.6. The number of benzene rings is 4. The van der Waals surface area contributed by atoms with Gasteiger partial charge in [0.25, 0.3) is 0 Å². The first-order valence-corrected chi connectivity index (χ1v) is 17.8. The molecule has 0 spiro atoms. The molecule has 2 N–H and O–H groups in total. The Labute approximate surface area is 300 Å². The Morgan fingerprint density at radius 1 is 0.520 bits per heavy atom. The number of hydrogen-bond acceptors (Lipinski definition) is 4. The van der Waals surface area contributed by atoms with Crippen LogP contribution in [-0.2, 0) is 9.59 Å². The highest BCUT2D eigenvalue weighted by molar-refractivity contribution is 5.96. The lowest BCUT2D eigenvalue weighted by molar-refractivity contribution is -0.125. The summed E-state index contributed by atoms with van der Waals surface area (Å²) in [5.41, 5.74) is 9.17. The monoisotopic (exact) mass is 676 g/mol. The Hall–Kier alpha value is -4.58. The summed E-state index contributed by atoms with van der Waals surface area (Å²) in [5.74, 6) is 1.80. The van der Waals surface area contributed by atoms with E-state index < -0.39 is 10.8 Å². The molecular weight excluding hydrogens is 620 g/mol. The van der Waals surface area contributed by atoms with Crippen LogP contribution in [0.25, 0.3) is 11.1 Å². The van der Waals surface area contributed by atoms with Crippen molar-refractivity contribution in [1.29, 1.82) is 0 Å². The van der Waals surface area contributed by atoms with E-state index in [1.165, 1.54) is 11.1 Å². The smallest absolute Gasteiger partial charge is 0.230 e. The van der Waals surface area contributed by atoms with Crippen molar-refractivity contribution in [2.75, 3.05) is 23.8 Å². The lowest BCUT2D eigenvalue weighted by Crippen LogP contribution is -2.31. The van der Waals surface area contributed by atoms with E-state index in [2.05, 4.69) is 73.0 Å². The van der Waals surface area contributed by atoms with Gasteiger partial charge in [0, 0.05) is 22.2 Å². The van der Waals surface area contributed by atoms with E-state index in [4.69, 9.17) is 9.47 Å². The Morgan fingerprint density at radius 3 is 1.26 bits per heavy atom. The molecule has 0 aromatic heterocycles. The van der Waals surface area contributed by atoms with E-state index in [0.29, 0.717) is 26.1 Å². The lowest BCUT2D eigenvalue weighted by Gasteiger charge is -2.25. The molecule has 0 radical (unpaired) electrons. The molecule has 6 heteroatoms. The molecule has 0 heterocycles. The largest absolute Gasteiger partial charge is 0.493 e. The van der Waals surface area contributed by atoms with Gasteiger partial charge in [0.2, 0.25) is 11.8 Å². The number of anilines is 2. The molecular formula is C44H56N2O4. The van der Waals surface area contributed by atoms with Gasteiger partial charge in [-0.1, -0.05) is 64.1 Å². The molecule has 50 heavy (non-hydrogen) atoms. The summed E-state index contributed by atoms with van der Waals surface area (Å²) in [7, 11) is 0. The molecule has 4 rings (SSSR count). The second-order valence-electron chi connectivity index (χ2n) is 15.2. The second-order valence-corrected chi connectivity index (χ2v) is 15.2. The molecule has 0 saturated carbocycles. The van der Waals surface area contributed by atoms with Crippen molar-refractivity contribution in [3.63, 3.8) is 0 Å². The number of rotatable bonds is 15. The zero-order valence-electron chi connectivity index (χ0n) is 31.8. The number of aryl methyl sites for hydroxylation is 6. The molecule has 0 aliphatic heterocycles. The van der Waals surface area contributed by atoms with Gasteiger partial charge in [-0.15, -0.1) is 0 Å². The third-order valence-electron chi connectivity index (χ3n) is 9.61. The predicted molar refractivity (Wildman–Crippen MR) is 207 cm³/mol. The normalized spacial score (nSPS) is 11.6. The second kappa shape index (κ2) is 16.4. The molecule has 4 aromatic carbocycles. The predicted octanol–water partition coefficient (Wildman–Crippen LogP) is 10.9. The molecule has 0 unspecified atom stereocenters. The summed E-state index contributed by atoms with van der Waals surface area (Å²) in [6.07, 6.45) is 2.98. The Balaban J connectivity index is 1.29. The number of carbonyl (C=O) groups is 2. The molecule has 0 saturated heterocycles. The van der Waals surface area contributed by atoms with Crippen LogP contribution >= 0.6 is 0 Å². The number of carbonyl (C=O) groups excluding carboxylic acids is 2. The Morgan fingerprint density at radius 2 is 0.900 bits per heavy atom. The van der Waals surface area contributed by atoms with Crippen LogP contribution in [-0.4, -0.2) is 25.0 Å². The van der Waals surface area contributed by atoms with Gasteiger partial charge in [-0.25, -0.2) is 0 Å². The summed E-state index contributed by atoms with van der Waals surface area (Å²) in [4.78, 5) is 26.6. The van der Waals surface area contributed by atoms with E-state index in [1.807, 2.05) is 79.7 Å². The van der Waals surface area contributed by atoms with Crippen LogP contribution in [0.5, 0.6) is 11.5 Å². The average Bonchev–Trinajstić information content (AvgIpc) is 3.06. The maximum absolute atomic E-state index is 13.3. The molecule has 266 valence electrons. The van der Waals surface area contributed by atoms with Crippen LogP contribution in [0.4, 0.5) is 11.4 Å². The first-order valence-electron chi connectivity index (χ1n) is 17.8. The zero-order valence-corrected chi connectivity index (χ0v) is 31.8. The molecule has 0 bridgehead atoms. The quantitative estimate of drug-likeness (QED) is 0.123. The summed E-state index contributed by atoms with van der Waals surface area (Å²) in [5, 5.41) is 6.31. The fraction of sp³-hybridized carbons (Fsp3) is 0.409. The van der Waals surface area contributed by atoms with Crippen LogP contribution in [0.2, 0.25) is 0 Å². The minimum Gasteiger partial charge on any atom is -0.493 e. The van der Waals surface area contributed by atoms with Crippen molar-refractivity contribution in [3.05, 3.63) is 106 Å². The minimum atomic E-state index is -0.545. The van der Waals surface area contributed by atoms with Crippen LogP contribution in [0.1, 0.15) is 86.8 Å². The van der Waals surface area contributed by atoms with E-state index in [0.717, 1.165) is 69.1 Å². The molecule has 0 aliphatic carbocycles. The minimum absolute atomic E-state index is 0.00662. The number of hydrogen-bond donors (Lipinski definition) is 2. The van der Waals surface area contributed by atoms with Gasteiger partial charge in [0.1, 0.15) is 11.5 Å². The van der Waals surface area contributed by atoms with Gasteiger partial charge in [0.05, 0.1) is 13.2 Å². The average molecular weight is 677 g/mol. The Bertz CT molecular complexity index is 1690. The van der Waals surface area contributed by atoms with Gasteiger partial charge < -0.3 is 20.1 Å². The van der Waals surface area contributed by atoms with Gasteiger partial charge in [-0.2, -0.15) is 0 Å². The van der Waals surface area contributed by atoms with Crippen molar-refractivity contribution < 1.29 is 19.1 Å². The number of amides is 2. The molecule has 4 aromatic rings. The van der Waals surface area contributed by atoms with Crippen LogP contribution in [0.15, 0.2) is 72.8 Å². The molecule has 0 fully saturated rings. The first kappa shape index (κ1) is 38.2. The number of nitrogens with one attached hydrogen (secondary N) is 2. The number of ether oxygens (including phenoxy) is 2. The van der Waals surface area contributed by atoms with Gasteiger partial charge in [0.15, 0.2) is 0 Å². The van der Waals surface area contributed by atoms with Crippen LogP contribution in [0.3, 0.4) is 0 Å². The van der Waals surface area contributed by atoms with Crippen molar-refractivity contribution in [2.45, 2.75) is 94.9 Å². The van der Waals surface area contributed by atoms with Gasteiger partial charge in [-0.3, -0.25) is 9.59 Å². The van der Waals surface area contributed by atoms with Crippen LogP contribution in [0, 0.1) is 52.4 Å². The third-order valence-corrected chi connectivity index (χ3v) is 9.61. The summed E-state index contributed by atoms with van der Waals surface area (Å²) >= 11 is 0. The highest BCUT2D eigenvalue weighted by atomic mass is 16.5. The molecule has 2 amide bonds. The van der Waals surface area contributed by atoms with Crippen LogP contribution < -0.4 is 20.1 Å². The van der Waals surface area contributed by atoms with Crippen molar-refractivity contribution in [1.82, 2.24) is 0 Å². The fourth-order valence-electron chi connectivity index (χ4n) is 5.90. The van der Waals surface area contributed by atoms with E-state index in [1.54, 1.807) is 0 Å². The van der Waals surface area contributed by atoms with Gasteiger partial charge in [-0.05, 0) is 148 Å². The zero-order chi connectivity index (χ0) is 36.6. The lowest BCUT2D eigenvalue weighted by atomic mass is 9.86. The maximum Gasteiger partial charge on any atom is 0.230 e. The Kier molecular flexibility index (Phi) is 12.6. The molecule has 0 atom stereocenters. The first-order chi connectivity index (χ1) is 23.6. The standard InChI is InChI=1S/C44H56N2O4/c1-29-13-15-31(3)39(25-29)49-23-11-21-43(7,8)41(47)45-37-19-17-35(27-33(37)5)36-18-20-38(34(6)28-36)46-42(48)44(9,10)22-12-24-50-40-26-30(2)14-16-32(40)4/h13-20,25-28H,11-12,21-24H2,1-10H3,(H,45,47)(H,46,48). The maximum atomic E-state index is 13.3. The highest BCUT2D eigenvalue weighted by Crippen LogP contribution is 2.32. The van der Waals surface area contributed by atoms with Crippen molar-refractivity contribution in [3.8, 4) is 22.6 Å². The highest BCUT2D eigenvalue weighted by Gasteiger charge is 2.29. The molecule has 6 nitrogen and oxygen atoms in total. The SMILES string of the molecule is Cc1ccc(C)c(OCCCC(C)(C)C(=O)Nc2ccc(-c3ccc(NC(=O)C(C)(C)CCCOc4cc(C)ccc4C)c(C)c3)cc2C)c1. The van der Waals surface area contributed by atoms with Gasteiger partial charge >= 0.3 is 0 Å².